The average Bonchev–Trinajstić information content (AvgIpc) is 1.95. The molecule has 1 heteroatoms. The molecule has 0 aliphatic rings. The first kappa shape index (κ1) is 13.0. The van der Waals surface area contributed by atoms with E-state index >= 15 is 0 Å². The van der Waals surface area contributed by atoms with Crippen molar-refractivity contribution in [3.05, 3.63) is 0 Å². The minimum atomic E-state index is 0.437. The zero-order valence-electron chi connectivity index (χ0n) is 10.3. The Morgan fingerprint density at radius 1 is 1.15 bits per heavy atom. The lowest BCUT2D eigenvalue weighted by Gasteiger charge is -2.32. The third-order valence-electron chi connectivity index (χ3n) is 2.62. The van der Waals surface area contributed by atoms with Gasteiger partial charge < -0.3 is 5.32 Å². The number of hydrogen-bond donors (Lipinski definition) is 1. The second kappa shape index (κ2) is 5.64. The first-order valence-electron chi connectivity index (χ1n) is 5.58. The van der Waals surface area contributed by atoms with Gasteiger partial charge in [-0.1, -0.05) is 41.5 Å². The summed E-state index contributed by atoms with van der Waals surface area (Å²) in [5.41, 5.74) is 0.437. The molecule has 0 rings (SSSR count). The van der Waals surface area contributed by atoms with Gasteiger partial charge in [0, 0.05) is 0 Å². The van der Waals surface area contributed by atoms with E-state index in [0.717, 1.165) is 24.9 Å². The molecular formula is C12H27N. The van der Waals surface area contributed by atoms with E-state index in [-0.39, 0.29) is 0 Å². The Kier molecular flexibility index (Phi) is 5.62. The Bertz CT molecular complexity index is 122. The summed E-state index contributed by atoms with van der Waals surface area (Å²) in [5.74, 6) is 1.61. The second-order valence-corrected chi connectivity index (χ2v) is 5.50. The molecule has 0 aliphatic carbocycles. The van der Waals surface area contributed by atoms with Gasteiger partial charge in [-0.05, 0) is 36.8 Å². The Labute approximate surface area is 84.3 Å². The smallest absolute Gasteiger partial charge is 0.00155 e. The molecule has 0 aromatic carbocycles. The molecule has 1 unspecified atom stereocenters. The summed E-state index contributed by atoms with van der Waals surface area (Å²) in [5, 5.41) is 3.46. The quantitative estimate of drug-likeness (QED) is 0.693. The van der Waals surface area contributed by atoms with Crippen molar-refractivity contribution in [2.75, 3.05) is 13.1 Å². The van der Waals surface area contributed by atoms with Crippen molar-refractivity contribution in [1.82, 2.24) is 5.32 Å². The number of hydrogen-bond acceptors (Lipinski definition) is 1. The molecule has 0 fully saturated rings. The van der Waals surface area contributed by atoms with Gasteiger partial charge in [0.2, 0.25) is 0 Å². The van der Waals surface area contributed by atoms with E-state index in [4.69, 9.17) is 0 Å². The summed E-state index contributed by atoms with van der Waals surface area (Å²) in [6, 6.07) is 0. The first-order valence-corrected chi connectivity index (χ1v) is 5.58. The van der Waals surface area contributed by atoms with Crippen molar-refractivity contribution in [2.24, 2.45) is 17.3 Å². The van der Waals surface area contributed by atoms with Gasteiger partial charge in [-0.2, -0.15) is 0 Å². The Balaban J connectivity index is 4.03. The van der Waals surface area contributed by atoms with Crippen LogP contribution < -0.4 is 5.32 Å². The summed E-state index contributed by atoms with van der Waals surface area (Å²) in [6.07, 6.45) is 1.33. The van der Waals surface area contributed by atoms with Gasteiger partial charge in [-0.15, -0.1) is 0 Å². The van der Waals surface area contributed by atoms with Crippen molar-refractivity contribution in [3.8, 4) is 0 Å². The predicted molar refractivity (Wildman–Crippen MR) is 60.9 cm³/mol. The maximum absolute atomic E-state index is 3.46. The third kappa shape index (κ3) is 6.09. The lowest BCUT2D eigenvalue weighted by Crippen LogP contribution is -2.32. The van der Waals surface area contributed by atoms with Gasteiger partial charge in [0.25, 0.3) is 0 Å². The van der Waals surface area contributed by atoms with Gasteiger partial charge in [0.15, 0.2) is 0 Å². The third-order valence-corrected chi connectivity index (χ3v) is 2.62. The molecule has 0 saturated carbocycles. The summed E-state index contributed by atoms with van der Waals surface area (Å²) in [6.45, 7) is 16.1. The first-order chi connectivity index (χ1) is 5.88. The molecule has 0 spiro atoms. The molecule has 0 amide bonds. The van der Waals surface area contributed by atoms with Crippen molar-refractivity contribution in [2.45, 2.75) is 48.0 Å². The molecule has 0 saturated heterocycles. The normalized spacial score (nSPS) is 15.0. The average molecular weight is 185 g/mol. The molecule has 0 bridgehead atoms. The molecule has 13 heavy (non-hydrogen) atoms. The summed E-state index contributed by atoms with van der Waals surface area (Å²) in [4.78, 5) is 0. The lowest BCUT2D eigenvalue weighted by molar-refractivity contribution is 0.199. The van der Waals surface area contributed by atoms with Crippen LogP contribution in [0.5, 0.6) is 0 Å². The SMILES string of the molecule is CCNCC(CC(C)C)C(C)(C)C. The van der Waals surface area contributed by atoms with Crippen LogP contribution in [0.2, 0.25) is 0 Å². The van der Waals surface area contributed by atoms with Gasteiger partial charge in [0.1, 0.15) is 0 Å². The van der Waals surface area contributed by atoms with E-state index in [9.17, 15) is 0 Å². The van der Waals surface area contributed by atoms with Crippen molar-refractivity contribution >= 4 is 0 Å². The van der Waals surface area contributed by atoms with Crippen LogP contribution in [0.3, 0.4) is 0 Å². The highest BCUT2D eigenvalue weighted by atomic mass is 14.8. The molecular weight excluding hydrogens is 158 g/mol. The highest BCUT2D eigenvalue weighted by molar-refractivity contribution is 4.76. The molecule has 0 aliphatic heterocycles. The minimum Gasteiger partial charge on any atom is -0.317 e. The predicted octanol–water partition coefficient (Wildman–Crippen LogP) is 3.30. The standard InChI is InChI=1S/C12H27N/c1-7-13-9-11(8-10(2)3)12(4,5)6/h10-11,13H,7-9H2,1-6H3. The summed E-state index contributed by atoms with van der Waals surface area (Å²) >= 11 is 0. The van der Waals surface area contributed by atoms with Gasteiger partial charge in [0.05, 0.1) is 0 Å². The van der Waals surface area contributed by atoms with E-state index in [1.165, 1.54) is 6.42 Å². The fourth-order valence-corrected chi connectivity index (χ4v) is 1.63. The fourth-order valence-electron chi connectivity index (χ4n) is 1.63. The van der Waals surface area contributed by atoms with Crippen LogP contribution >= 0.6 is 0 Å². The fraction of sp³-hybridized carbons (Fsp3) is 1.00. The van der Waals surface area contributed by atoms with Gasteiger partial charge in [-0.3, -0.25) is 0 Å². The van der Waals surface area contributed by atoms with E-state index in [2.05, 4.69) is 46.9 Å². The number of nitrogens with one attached hydrogen (secondary N) is 1. The van der Waals surface area contributed by atoms with Crippen LogP contribution in [0.25, 0.3) is 0 Å². The van der Waals surface area contributed by atoms with Crippen molar-refractivity contribution in [3.63, 3.8) is 0 Å². The van der Waals surface area contributed by atoms with Crippen LogP contribution in [0.15, 0.2) is 0 Å². The topological polar surface area (TPSA) is 12.0 Å². The molecule has 0 aromatic heterocycles. The largest absolute Gasteiger partial charge is 0.317 e. The number of rotatable bonds is 5. The zero-order valence-corrected chi connectivity index (χ0v) is 10.3. The van der Waals surface area contributed by atoms with E-state index < -0.39 is 0 Å². The van der Waals surface area contributed by atoms with Gasteiger partial charge in [-0.25, -0.2) is 0 Å². The minimum absolute atomic E-state index is 0.437. The summed E-state index contributed by atoms with van der Waals surface area (Å²) < 4.78 is 0. The van der Waals surface area contributed by atoms with E-state index in [1.54, 1.807) is 0 Å². The summed E-state index contributed by atoms with van der Waals surface area (Å²) in [7, 11) is 0. The Morgan fingerprint density at radius 3 is 2.00 bits per heavy atom. The monoisotopic (exact) mass is 185 g/mol. The Morgan fingerprint density at radius 2 is 1.69 bits per heavy atom. The highest BCUT2D eigenvalue weighted by Crippen LogP contribution is 2.30. The maximum atomic E-state index is 3.46. The highest BCUT2D eigenvalue weighted by Gasteiger charge is 2.24. The zero-order chi connectivity index (χ0) is 10.5. The van der Waals surface area contributed by atoms with E-state index in [1.807, 2.05) is 0 Å². The maximum Gasteiger partial charge on any atom is -0.00155 e. The van der Waals surface area contributed by atoms with Crippen LogP contribution in [-0.2, 0) is 0 Å². The second-order valence-electron chi connectivity index (χ2n) is 5.50. The molecule has 1 atom stereocenters. The van der Waals surface area contributed by atoms with Crippen LogP contribution in [0.1, 0.15) is 48.0 Å². The molecule has 1 N–H and O–H groups in total. The molecule has 0 radical (unpaired) electrons. The Hall–Kier alpha value is -0.0400. The lowest BCUT2D eigenvalue weighted by atomic mass is 9.76. The molecule has 1 nitrogen and oxygen atoms in total. The molecule has 80 valence electrons. The van der Waals surface area contributed by atoms with Gasteiger partial charge >= 0.3 is 0 Å². The van der Waals surface area contributed by atoms with Crippen LogP contribution in [-0.4, -0.2) is 13.1 Å². The van der Waals surface area contributed by atoms with Crippen LogP contribution in [0.4, 0.5) is 0 Å². The van der Waals surface area contributed by atoms with E-state index in [0.29, 0.717) is 5.41 Å². The molecule has 0 heterocycles. The van der Waals surface area contributed by atoms with Crippen molar-refractivity contribution in [1.29, 1.82) is 0 Å². The molecule has 0 aromatic rings. The van der Waals surface area contributed by atoms with Crippen molar-refractivity contribution < 1.29 is 0 Å². The van der Waals surface area contributed by atoms with Crippen LogP contribution in [0, 0.1) is 17.3 Å².